The number of hydrogen-bond acceptors (Lipinski definition) is 4. The monoisotopic (exact) mass is 301 g/mol. The van der Waals surface area contributed by atoms with Crippen LogP contribution < -0.4 is 10.1 Å². The molecule has 0 aliphatic rings. The number of carboxylic acids is 1. The lowest BCUT2D eigenvalue weighted by Gasteiger charge is -2.18. The van der Waals surface area contributed by atoms with Gasteiger partial charge in [-0.25, -0.2) is 4.79 Å². The molecule has 0 aliphatic heterocycles. The first-order valence-corrected chi connectivity index (χ1v) is 6.84. The second-order valence-corrected chi connectivity index (χ2v) is 4.66. The first-order chi connectivity index (χ1) is 9.60. The summed E-state index contributed by atoms with van der Waals surface area (Å²) in [5.41, 5.74) is 0.827. The Bertz CT molecular complexity index is 439. The van der Waals surface area contributed by atoms with Crippen LogP contribution in [0.1, 0.15) is 18.9 Å². The van der Waals surface area contributed by atoms with Crippen LogP contribution in [0.25, 0.3) is 0 Å². The first kappa shape index (κ1) is 16.8. The fraction of sp³-hybridized carbons (Fsp3) is 0.500. The SMILES string of the molecule is CCC(Oc1c(Cl)cccc1CNCCOC)C(=O)O. The summed E-state index contributed by atoms with van der Waals surface area (Å²) in [6.45, 7) is 3.59. The number of aliphatic carboxylic acids is 1. The Morgan fingerprint density at radius 1 is 1.50 bits per heavy atom. The van der Waals surface area contributed by atoms with Crippen molar-refractivity contribution in [2.24, 2.45) is 0 Å². The van der Waals surface area contributed by atoms with Gasteiger partial charge in [0.25, 0.3) is 0 Å². The Morgan fingerprint density at radius 2 is 2.25 bits per heavy atom. The van der Waals surface area contributed by atoms with Crippen molar-refractivity contribution in [3.05, 3.63) is 28.8 Å². The molecule has 112 valence electrons. The fourth-order valence-corrected chi connectivity index (χ4v) is 1.91. The van der Waals surface area contributed by atoms with Crippen LogP contribution in [0.4, 0.5) is 0 Å². The molecule has 1 rings (SSSR count). The molecule has 0 fully saturated rings. The average molecular weight is 302 g/mol. The maximum absolute atomic E-state index is 11.1. The zero-order chi connectivity index (χ0) is 15.0. The van der Waals surface area contributed by atoms with Gasteiger partial charge in [0.15, 0.2) is 6.10 Å². The van der Waals surface area contributed by atoms with Crippen LogP contribution in [0.5, 0.6) is 5.75 Å². The number of benzene rings is 1. The number of halogens is 1. The summed E-state index contributed by atoms with van der Waals surface area (Å²) in [6, 6.07) is 5.35. The van der Waals surface area contributed by atoms with Gasteiger partial charge < -0.3 is 19.9 Å². The Labute approximate surface area is 123 Å². The van der Waals surface area contributed by atoms with Gasteiger partial charge in [0.1, 0.15) is 5.75 Å². The summed E-state index contributed by atoms with van der Waals surface area (Å²) in [6.07, 6.45) is -0.524. The Kier molecular flexibility index (Phi) is 7.36. The van der Waals surface area contributed by atoms with Crippen LogP contribution in [0.3, 0.4) is 0 Å². The molecule has 0 aliphatic carbocycles. The highest BCUT2D eigenvalue weighted by molar-refractivity contribution is 6.32. The van der Waals surface area contributed by atoms with E-state index in [9.17, 15) is 4.79 Å². The minimum atomic E-state index is -0.995. The molecule has 6 heteroatoms. The first-order valence-electron chi connectivity index (χ1n) is 6.46. The van der Waals surface area contributed by atoms with Crippen LogP contribution in [0.15, 0.2) is 18.2 Å². The van der Waals surface area contributed by atoms with Crippen LogP contribution in [0.2, 0.25) is 5.02 Å². The van der Waals surface area contributed by atoms with Gasteiger partial charge in [-0.3, -0.25) is 0 Å². The highest BCUT2D eigenvalue weighted by Crippen LogP contribution is 2.30. The van der Waals surface area contributed by atoms with Crippen molar-refractivity contribution in [1.82, 2.24) is 5.32 Å². The lowest BCUT2D eigenvalue weighted by molar-refractivity contribution is -0.145. The molecule has 0 amide bonds. The van der Waals surface area contributed by atoms with Crippen molar-refractivity contribution in [3.63, 3.8) is 0 Å². The molecule has 1 atom stereocenters. The quantitative estimate of drug-likeness (QED) is 0.685. The molecule has 1 aromatic carbocycles. The number of hydrogen-bond donors (Lipinski definition) is 2. The van der Waals surface area contributed by atoms with Gasteiger partial charge >= 0.3 is 5.97 Å². The van der Waals surface area contributed by atoms with E-state index in [-0.39, 0.29) is 0 Å². The Hall–Kier alpha value is -1.30. The number of nitrogens with one attached hydrogen (secondary N) is 1. The van der Waals surface area contributed by atoms with Crippen molar-refractivity contribution in [2.75, 3.05) is 20.3 Å². The lowest BCUT2D eigenvalue weighted by Crippen LogP contribution is -2.27. The third kappa shape index (κ3) is 5.00. The highest BCUT2D eigenvalue weighted by atomic mass is 35.5. The summed E-state index contributed by atoms with van der Waals surface area (Å²) in [4.78, 5) is 11.1. The minimum Gasteiger partial charge on any atom is -0.479 e. The van der Waals surface area contributed by atoms with E-state index in [0.29, 0.717) is 36.9 Å². The van der Waals surface area contributed by atoms with E-state index in [1.54, 1.807) is 20.1 Å². The fourth-order valence-electron chi connectivity index (χ4n) is 1.67. The molecule has 2 N–H and O–H groups in total. The standard InChI is InChI=1S/C14H20ClNO4/c1-3-12(14(17)18)20-13-10(5-4-6-11(13)15)9-16-7-8-19-2/h4-6,12,16H,3,7-9H2,1-2H3,(H,17,18). The smallest absolute Gasteiger partial charge is 0.344 e. The molecule has 0 aromatic heterocycles. The Morgan fingerprint density at radius 3 is 2.85 bits per heavy atom. The molecule has 0 radical (unpaired) electrons. The van der Waals surface area contributed by atoms with Crippen molar-refractivity contribution >= 4 is 17.6 Å². The molecule has 0 spiro atoms. The van der Waals surface area contributed by atoms with E-state index >= 15 is 0 Å². The van der Waals surface area contributed by atoms with Gasteiger partial charge in [-0.15, -0.1) is 0 Å². The van der Waals surface area contributed by atoms with Crippen molar-refractivity contribution in [1.29, 1.82) is 0 Å². The maximum Gasteiger partial charge on any atom is 0.344 e. The molecular weight excluding hydrogens is 282 g/mol. The van der Waals surface area contributed by atoms with Crippen LogP contribution in [0, 0.1) is 0 Å². The molecule has 0 saturated heterocycles. The number of methoxy groups -OCH3 is 1. The largest absolute Gasteiger partial charge is 0.479 e. The van der Waals surface area contributed by atoms with Crippen molar-refractivity contribution in [3.8, 4) is 5.75 Å². The average Bonchev–Trinajstić information content (AvgIpc) is 2.42. The molecule has 1 unspecified atom stereocenters. The van der Waals surface area contributed by atoms with E-state index < -0.39 is 12.1 Å². The van der Waals surface area contributed by atoms with E-state index in [0.717, 1.165) is 5.56 Å². The van der Waals surface area contributed by atoms with Gasteiger partial charge in [-0.1, -0.05) is 30.7 Å². The Balaban J connectivity index is 2.79. The summed E-state index contributed by atoms with van der Waals surface area (Å²) in [5.74, 6) is -0.570. The normalized spacial score (nSPS) is 12.2. The predicted molar refractivity (Wildman–Crippen MR) is 77.4 cm³/mol. The molecular formula is C14H20ClNO4. The number of rotatable bonds is 9. The molecule has 5 nitrogen and oxygen atoms in total. The lowest BCUT2D eigenvalue weighted by atomic mass is 10.2. The number of para-hydroxylation sites is 1. The third-order valence-corrected chi connectivity index (χ3v) is 3.05. The zero-order valence-corrected chi connectivity index (χ0v) is 12.4. The summed E-state index contributed by atoms with van der Waals surface area (Å²) < 4.78 is 10.5. The van der Waals surface area contributed by atoms with E-state index in [1.807, 2.05) is 12.1 Å². The topological polar surface area (TPSA) is 67.8 Å². The molecule has 1 aromatic rings. The number of carbonyl (C=O) groups is 1. The molecule has 0 heterocycles. The molecule has 0 bridgehead atoms. The second-order valence-electron chi connectivity index (χ2n) is 4.25. The minimum absolute atomic E-state index is 0.372. The van der Waals surface area contributed by atoms with E-state index in [1.165, 1.54) is 0 Å². The number of ether oxygens (including phenoxy) is 2. The van der Waals surface area contributed by atoms with Gasteiger partial charge in [-0.05, 0) is 12.5 Å². The highest BCUT2D eigenvalue weighted by Gasteiger charge is 2.20. The third-order valence-electron chi connectivity index (χ3n) is 2.75. The van der Waals surface area contributed by atoms with E-state index in [2.05, 4.69) is 5.32 Å². The summed E-state index contributed by atoms with van der Waals surface area (Å²) in [7, 11) is 1.63. The van der Waals surface area contributed by atoms with Crippen LogP contribution in [-0.4, -0.2) is 37.4 Å². The molecule has 0 saturated carbocycles. The van der Waals surface area contributed by atoms with Gasteiger partial charge in [0, 0.05) is 25.8 Å². The zero-order valence-electron chi connectivity index (χ0n) is 11.7. The maximum atomic E-state index is 11.1. The number of carboxylic acid groups (broad SMARTS) is 1. The van der Waals surface area contributed by atoms with E-state index in [4.69, 9.17) is 26.2 Å². The van der Waals surface area contributed by atoms with Crippen molar-refractivity contribution < 1.29 is 19.4 Å². The predicted octanol–water partition coefficient (Wildman–Crippen LogP) is 2.32. The summed E-state index contributed by atoms with van der Waals surface area (Å²) in [5, 5.41) is 12.7. The molecule has 20 heavy (non-hydrogen) atoms. The van der Waals surface area contributed by atoms with Crippen molar-refractivity contribution in [2.45, 2.75) is 26.0 Å². The van der Waals surface area contributed by atoms with Crippen LogP contribution in [-0.2, 0) is 16.1 Å². The second kappa shape index (κ2) is 8.79. The van der Waals surface area contributed by atoms with Gasteiger partial charge in [-0.2, -0.15) is 0 Å². The van der Waals surface area contributed by atoms with Gasteiger partial charge in [0.05, 0.1) is 11.6 Å². The van der Waals surface area contributed by atoms with Gasteiger partial charge in [0.2, 0.25) is 0 Å². The van der Waals surface area contributed by atoms with Crippen LogP contribution >= 0.6 is 11.6 Å². The summed E-state index contributed by atoms with van der Waals surface area (Å²) >= 11 is 6.10.